The second-order valence-corrected chi connectivity index (χ2v) is 7.99. The summed E-state index contributed by atoms with van der Waals surface area (Å²) in [7, 11) is 0. The lowest BCUT2D eigenvalue weighted by Crippen LogP contribution is -2.26. The number of carbonyl (C=O) groups is 1. The average Bonchev–Trinajstić information content (AvgIpc) is 3.32. The second-order valence-electron chi connectivity index (χ2n) is 7.24. The highest BCUT2D eigenvalue weighted by atomic mass is 79.9. The first-order valence-electron chi connectivity index (χ1n) is 10.1. The number of nitrogens with one attached hydrogen (secondary N) is 1. The number of amides is 1. The average molecular weight is 548 g/mol. The molecule has 0 saturated heterocycles. The Morgan fingerprint density at radius 3 is 2.40 bits per heavy atom. The molecule has 0 aliphatic carbocycles. The predicted molar refractivity (Wildman–Crippen MR) is 123 cm³/mol. The molecule has 0 radical (unpaired) electrons. The number of nitrogen functional groups attached to an aromatic ring is 1. The van der Waals surface area contributed by atoms with E-state index >= 15 is 0 Å². The van der Waals surface area contributed by atoms with Gasteiger partial charge in [-0.2, -0.15) is 13.2 Å². The van der Waals surface area contributed by atoms with Gasteiger partial charge in [0, 0.05) is 12.1 Å². The van der Waals surface area contributed by atoms with E-state index in [-0.39, 0.29) is 29.7 Å². The number of nitrogens with two attached hydrogens (primary N) is 1. The molecule has 4 rings (SSSR count). The minimum atomic E-state index is -4.65. The van der Waals surface area contributed by atoms with Crippen molar-refractivity contribution in [3.63, 3.8) is 0 Å². The van der Waals surface area contributed by atoms with Gasteiger partial charge in [-0.15, -0.1) is 10.2 Å². The molecule has 0 saturated carbocycles. The van der Waals surface area contributed by atoms with E-state index in [1.54, 1.807) is 30.3 Å². The van der Waals surface area contributed by atoms with Crippen molar-refractivity contribution >= 4 is 27.7 Å². The van der Waals surface area contributed by atoms with Crippen molar-refractivity contribution in [3.05, 3.63) is 93.9 Å². The third-order valence-corrected chi connectivity index (χ3v) is 5.39. The van der Waals surface area contributed by atoms with Crippen molar-refractivity contribution in [1.82, 2.24) is 20.5 Å². The molecule has 0 fully saturated rings. The number of hydrogen-bond acceptors (Lipinski definition) is 7. The van der Waals surface area contributed by atoms with Gasteiger partial charge < -0.3 is 20.2 Å². The van der Waals surface area contributed by atoms with Crippen molar-refractivity contribution in [1.29, 1.82) is 0 Å². The Hall–Kier alpha value is -3.93. The molecule has 35 heavy (non-hydrogen) atoms. The van der Waals surface area contributed by atoms with Crippen LogP contribution in [0.5, 0.6) is 0 Å². The van der Waals surface area contributed by atoms with Gasteiger partial charge in [0.2, 0.25) is 6.10 Å². The number of aromatic nitrogens is 3. The van der Waals surface area contributed by atoms with Crippen LogP contribution in [-0.4, -0.2) is 21.3 Å². The van der Waals surface area contributed by atoms with E-state index in [0.29, 0.717) is 5.56 Å². The zero-order valence-corrected chi connectivity index (χ0v) is 19.4. The van der Waals surface area contributed by atoms with Crippen molar-refractivity contribution in [2.75, 3.05) is 5.73 Å². The van der Waals surface area contributed by atoms with E-state index < -0.39 is 28.5 Å². The van der Waals surface area contributed by atoms with E-state index in [1.807, 2.05) is 30.3 Å². The fourth-order valence-electron chi connectivity index (χ4n) is 3.12. The van der Waals surface area contributed by atoms with Gasteiger partial charge in [-0.1, -0.05) is 60.7 Å². The number of pyridine rings is 1. The SMILES string of the molecule is Nc1cc(C(F)(F)F)c(Br)nc1-c1nnc([C@H](OC(=O)NCc2ccccc2)c2ccccc2)o1. The van der Waals surface area contributed by atoms with E-state index in [0.717, 1.165) is 11.6 Å². The Morgan fingerprint density at radius 2 is 1.74 bits per heavy atom. The molecule has 12 heteroatoms. The van der Waals surface area contributed by atoms with Crippen LogP contribution < -0.4 is 11.1 Å². The largest absolute Gasteiger partial charge is 0.431 e. The zero-order valence-electron chi connectivity index (χ0n) is 17.8. The summed E-state index contributed by atoms with van der Waals surface area (Å²) in [6.07, 6.45) is -6.48. The molecule has 0 unspecified atom stereocenters. The fourth-order valence-corrected chi connectivity index (χ4v) is 3.64. The van der Waals surface area contributed by atoms with Crippen LogP contribution in [0.15, 0.2) is 75.8 Å². The van der Waals surface area contributed by atoms with Crippen LogP contribution in [0, 0.1) is 0 Å². The Bertz CT molecular complexity index is 1320. The monoisotopic (exact) mass is 547 g/mol. The minimum absolute atomic E-state index is 0.113. The number of ether oxygens (including phenoxy) is 1. The summed E-state index contributed by atoms with van der Waals surface area (Å²) in [5.74, 6) is -0.348. The molecule has 2 aromatic carbocycles. The molecule has 0 bridgehead atoms. The van der Waals surface area contributed by atoms with Crippen LogP contribution in [0.2, 0.25) is 0 Å². The first-order valence-corrected chi connectivity index (χ1v) is 10.9. The Kier molecular flexibility index (Phi) is 7.01. The number of rotatable bonds is 6. The number of anilines is 1. The summed E-state index contributed by atoms with van der Waals surface area (Å²) < 4.78 is 50.1. The number of nitrogens with zero attached hydrogens (tertiary/aromatic N) is 3. The number of alkyl carbamates (subject to hydrolysis) is 1. The van der Waals surface area contributed by atoms with Crippen molar-refractivity contribution in [2.45, 2.75) is 18.8 Å². The number of halogens is 4. The quantitative estimate of drug-likeness (QED) is 0.305. The lowest BCUT2D eigenvalue weighted by Gasteiger charge is -2.15. The molecule has 3 N–H and O–H groups in total. The molecule has 2 heterocycles. The first-order chi connectivity index (χ1) is 16.7. The van der Waals surface area contributed by atoms with E-state index in [2.05, 4.69) is 36.4 Å². The van der Waals surface area contributed by atoms with Crippen LogP contribution >= 0.6 is 15.9 Å². The van der Waals surface area contributed by atoms with Gasteiger partial charge in [-0.3, -0.25) is 0 Å². The Balaban J connectivity index is 1.60. The maximum atomic E-state index is 13.1. The van der Waals surface area contributed by atoms with Crippen molar-refractivity contribution in [3.8, 4) is 11.6 Å². The van der Waals surface area contributed by atoms with Crippen LogP contribution in [0.3, 0.4) is 0 Å². The van der Waals surface area contributed by atoms with Gasteiger partial charge in [0.15, 0.2) is 5.69 Å². The summed E-state index contributed by atoms with van der Waals surface area (Å²) in [6.45, 7) is 0.232. The van der Waals surface area contributed by atoms with Crippen molar-refractivity contribution < 1.29 is 27.1 Å². The maximum absolute atomic E-state index is 13.1. The summed E-state index contributed by atoms with van der Waals surface area (Å²) in [5, 5.41) is 10.4. The summed E-state index contributed by atoms with van der Waals surface area (Å²) in [5.41, 5.74) is 5.69. The smallest absolute Gasteiger partial charge is 0.419 e. The molecule has 180 valence electrons. The Labute approximate surface area is 205 Å². The van der Waals surface area contributed by atoms with E-state index in [9.17, 15) is 18.0 Å². The molecule has 0 aliphatic heterocycles. The van der Waals surface area contributed by atoms with Crippen LogP contribution in [0.1, 0.15) is 28.7 Å². The van der Waals surface area contributed by atoms with Crippen LogP contribution in [-0.2, 0) is 17.5 Å². The molecule has 2 aromatic heterocycles. The van der Waals surface area contributed by atoms with Gasteiger partial charge in [0.05, 0.1) is 11.3 Å². The molecule has 1 amide bonds. The third-order valence-electron chi connectivity index (χ3n) is 4.79. The maximum Gasteiger partial charge on any atom is 0.419 e. The van der Waals surface area contributed by atoms with Gasteiger partial charge >= 0.3 is 12.3 Å². The van der Waals surface area contributed by atoms with Crippen LogP contribution in [0.25, 0.3) is 11.6 Å². The molecule has 8 nitrogen and oxygen atoms in total. The molecule has 0 spiro atoms. The fraction of sp³-hybridized carbons (Fsp3) is 0.130. The number of benzene rings is 2. The summed E-state index contributed by atoms with van der Waals surface area (Å²) in [4.78, 5) is 16.3. The minimum Gasteiger partial charge on any atom is -0.431 e. The van der Waals surface area contributed by atoms with E-state index in [1.165, 1.54) is 0 Å². The number of alkyl halides is 3. The van der Waals surface area contributed by atoms with Gasteiger partial charge in [-0.05, 0) is 27.6 Å². The molecular formula is C23H17BrF3N5O3. The highest BCUT2D eigenvalue weighted by molar-refractivity contribution is 9.10. The lowest BCUT2D eigenvalue weighted by molar-refractivity contribution is -0.138. The van der Waals surface area contributed by atoms with E-state index in [4.69, 9.17) is 14.9 Å². The molecule has 1 atom stereocenters. The number of hydrogen-bond donors (Lipinski definition) is 2. The standard InChI is InChI=1S/C23H17BrF3N5O3/c24-19-15(23(25,26)27)11-16(28)17(30-19)20-31-32-21(35-20)18(14-9-5-2-6-10-14)34-22(33)29-12-13-7-3-1-4-8-13/h1-11,18H,12,28H2,(H,29,33)/t18-/m1/s1. The van der Waals surface area contributed by atoms with Crippen molar-refractivity contribution in [2.24, 2.45) is 0 Å². The Morgan fingerprint density at radius 1 is 1.09 bits per heavy atom. The topological polar surface area (TPSA) is 116 Å². The number of carbonyl (C=O) groups excluding carboxylic acids is 1. The van der Waals surface area contributed by atoms with Gasteiger partial charge in [-0.25, -0.2) is 9.78 Å². The lowest BCUT2D eigenvalue weighted by atomic mass is 10.1. The first kappa shape index (κ1) is 24.2. The van der Waals surface area contributed by atoms with Gasteiger partial charge in [0.25, 0.3) is 11.8 Å². The molecule has 4 aromatic rings. The molecular weight excluding hydrogens is 531 g/mol. The normalized spacial score (nSPS) is 12.2. The van der Waals surface area contributed by atoms with Gasteiger partial charge in [0.1, 0.15) is 4.60 Å². The zero-order chi connectivity index (χ0) is 25.0. The summed E-state index contributed by atoms with van der Waals surface area (Å²) in [6, 6.07) is 18.6. The highest BCUT2D eigenvalue weighted by Gasteiger charge is 2.35. The second kappa shape index (κ2) is 10.1. The van der Waals surface area contributed by atoms with Crippen LogP contribution in [0.4, 0.5) is 23.7 Å². The third kappa shape index (κ3) is 5.77. The highest BCUT2D eigenvalue weighted by Crippen LogP contribution is 2.38. The summed E-state index contributed by atoms with van der Waals surface area (Å²) >= 11 is 2.80. The molecule has 0 aliphatic rings. The predicted octanol–water partition coefficient (Wildman–Crippen LogP) is 5.51.